The maximum atomic E-state index is 14.1. The number of nitriles is 1. The summed E-state index contributed by atoms with van der Waals surface area (Å²) in [4.78, 5) is 28.8. The lowest BCUT2D eigenvalue weighted by Gasteiger charge is -2.46. The number of hydrogen-bond donors (Lipinski definition) is 2. The van der Waals surface area contributed by atoms with Crippen molar-refractivity contribution in [3.8, 4) is 6.07 Å². The van der Waals surface area contributed by atoms with Gasteiger partial charge in [-0.25, -0.2) is 4.39 Å². The third kappa shape index (κ3) is 2.50. The Kier molecular flexibility index (Phi) is 4.09. The highest BCUT2D eigenvalue weighted by Gasteiger charge is 2.61. The molecule has 2 aromatic rings. The van der Waals surface area contributed by atoms with Gasteiger partial charge in [0.25, 0.3) is 0 Å². The fraction of sp³-hybridized carbons (Fsp3) is 0.240. The Morgan fingerprint density at radius 3 is 2.59 bits per heavy atom. The van der Waals surface area contributed by atoms with E-state index in [2.05, 4.69) is 11.4 Å². The lowest BCUT2D eigenvalue weighted by atomic mass is 9.61. The summed E-state index contributed by atoms with van der Waals surface area (Å²) in [7, 11) is 0. The van der Waals surface area contributed by atoms with E-state index in [9.17, 15) is 19.2 Å². The Morgan fingerprint density at radius 2 is 1.88 bits per heavy atom. The van der Waals surface area contributed by atoms with Gasteiger partial charge in [-0.3, -0.25) is 14.5 Å². The molecule has 0 aromatic heterocycles. The molecule has 160 valence electrons. The van der Waals surface area contributed by atoms with Crippen LogP contribution >= 0.6 is 0 Å². The van der Waals surface area contributed by atoms with Crippen LogP contribution in [-0.2, 0) is 15.0 Å². The third-order valence-electron chi connectivity index (χ3n) is 6.47. The van der Waals surface area contributed by atoms with Gasteiger partial charge in [-0.05, 0) is 36.1 Å². The number of ketones is 1. The number of nitrogens with one attached hydrogen (secondary N) is 1. The molecule has 2 aliphatic heterocycles. The van der Waals surface area contributed by atoms with E-state index in [0.29, 0.717) is 29.1 Å². The van der Waals surface area contributed by atoms with Crippen molar-refractivity contribution in [3.63, 3.8) is 0 Å². The van der Waals surface area contributed by atoms with Crippen LogP contribution in [-0.4, -0.2) is 11.7 Å². The van der Waals surface area contributed by atoms with Crippen molar-refractivity contribution in [1.82, 2.24) is 0 Å². The molecule has 2 aromatic carbocycles. The van der Waals surface area contributed by atoms with E-state index in [1.807, 2.05) is 13.8 Å². The molecule has 3 N–H and O–H groups in total. The summed E-state index contributed by atoms with van der Waals surface area (Å²) in [6.07, 6.45) is 0.653. The number of para-hydroxylation sites is 1. The number of nitrogens with zero attached hydrogens (tertiary/aromatic N) is 2. The Hall–Kier alpha value is -3.92. The van der Waals surface area contributed by atoms with E-state index in [1.54, 1.807) is 41.3 Å². The molecule has 1 spiro atoms. The van der Waals surface area contributed by atoms with Gasteiger partial charge in [0.1, 0.15) is 23.1 Å². The summed E-state index contributed by atoms with van der Waals surface area (Å²) >= 11 is 0. The van der Waals surface area contributed by atoms with E-state index in [-0.39, 0.29) is 29.2 Å². The zero-order valence-electron chi connectivity index (χ0n) is 17.7. The molecular formula is C25H21FN4O2. The SMILES string of the molecule is CC1(C)CC(=O)C2=C(C1)N(c1cccc(F)c1)C(N)=C(C#N)[C@@]21C(=O)Nc2ccccc21. The summed E-state index contributed by atoms with van der Waals surface area (Å²) in [5, 5.41) is 13.1. The van der Waals surface area contributed by atoms with Crippen molar-refractivity contribution >= 4 is 23.1 Å². The first-order valence-corrected chi connectivity index (χ1v) is 10.3. The third-order valence-corrected chi connectivity index (χ3v) is 6.47. The molecule has 0 saturated heterocycles. The number of amides is 1. The molecule has 7 heteroatoms. The molecule has 0 radical (unpaired) electrons. The number of halogens is 1. The topological polar surface area (TPSA) is 99.2 Å². The average Bonchev–Trinajstić information content (AvgIpc) is 2.99. The number of Topliss-reactive ketones (excluding diaryl/α,β-unsaturated/α-hetero) is 1. The fourth-order valence-corrected chi connectivity index (χ4v) is 5.28. The van der Waals surface area contributed by atoms with Crippen LogP contribution in [0.5, 0.6) is 0 Å². The number of benzene rings is 2. The van der Waals surface area contributed by atoms with Crippen molar-refractivity contribution in [1.29, 1.82) is 5.26 Å². The van der Waals surface area contributed by atoms with Gasteiger partial charge < -0.3 is 11.1 Å². The van der Waals surface area contributed by atoms with Crippen LogP contribution in [0.2, 0.25) is 0 Å². The summed E-state index contributed by atoms with van der Waals surface area (Å²) in [5.74, 6) is -1.14. The number of fused-ring (bicyclic) bond motifs is 3. The summed E-state index contributed by atoms with van der Waals surface area (Å²) in [6.45, 7) is 3.93. The predicted octanol–water partition coefficient (Wildman–Crippen LogP) is 3.87. The first-order valence-electron chi connectivity index (χ1n) is 10.3. The largest absolute Gasteiger partial charge is 0.384 e. The highest BCUT2D eigenvalue weighted by Crippen LogP contribution is 2.56. The molecule has 32 heavy (non-hydrogen) atoms. The summed E-state index contributed by atoms with van der Waals surface area (Å²) < 4.78 is 14.1. The van der Waals surface area contributed by atoms with Gasteiger partial charge in [-0.15, -0.1) is 0 Å². The van der Waals surface area contributed by atoms with Gasteiger partial charge in [0.05, 0.1) is 11.3 Å². The molecule has 1 aliphatic carbocycles. The molecule has 2 heterocycles. The van der Waals surface area contributed by atoms with Gasteiger partial charge in [0, 0.05) is 28.9 Å². The van der Waals surface area contributed by atoms with Crippen molar-refractivity contribution in [2.24, 2.45) is 11.1 Å². The van der Waals surface area contributed by atoms with Gasteiger partial charge >= 0.3 is 0 Å². The smallest absolute Gasteiger partial charge is 0.245 e. The van der Waals surface area contributed by atoms with Crippen molar-refractivity contribution < 1.29 is 14.0 Å². The van der Waals surface area contributed by atoms with E-state index >= 15 is 0 Å². The first-order chi connectivity index (χ1) is 15.2. The van der Waals surface area contributed by atoms with Crippen molar-refractivity contribution in [2.45, 2.75) is 32.1 Å². The number of carbonyl (C=O) groups excluding carboxylic acids is 2. The lowest BCUT2D eigenvalue weighted by molar-refractivity contribution is -0.123. The molecule has 1 atom stereocenters. The lowest BCUT2D eigenvalue weighted by Crippen LogP contribution is -2.52. The number of carbonyl (C=O) groups is 2. The molecule has 5 rings (SSSR count). The Bertz CT molecular complexity index is 1320. The van der Waals surface area contributed by atoms with Crippen LogP contribution in [0.3, 0.4) is 0 Å². The van der Waals surface area contributed by atoms with Crippen LogP contribution < -0.4 is 16.0 Å². The predicted molar refractivity (Wildman–Crippen MR) is 118 cm³/mol. The van der Waals surface area contributed by atoms with Crippen molar-refractivity contribution in [2.75, 3.05) is 10.2 Å². The normalized spacial score (nSPS) is 23.8. The Balaban J connectivity index is 1.91. The van der Waals surface area contributed by atoms with Gasteiger partial charge in [0.2, 0.25) is 5.91 Å². The van der Waals surface area contributed by atoms with Crippen LogP contribution in [0.25, 0.3) is 0 Å². The van der Waals surface area contributed by atoms with Gasteiger partial charge in [-0.1, -0.05) is 38.1 Å². The van der Waals surface area contributed by atoms with E-state index in [0.717, 1.165) is 0 Å². The minimum atomic E-state index is -1.62. The minimum Gasteiger partial charge on any atom is -0.384 e. The van der Waals surface area contributed by atoms with Crippen LogP contribution in [0, 0.1) is 22.6 Å². The minimum absolute atomic E-state index is 0.0224. The highest BCUT2D eigenvalue weighted by molar-refractivity contribution is 6.20. The average molecular weight is 428 g/mol. The summed E-state index contributed by atoms with van der Waals surface area (Å²) in [5.41, 5.74) is 6.76. The standard InChI is InChI=1S/C25H21FN4O2/c1-24(2)11-19-21(20(31)12-24)25(16-8-3-4-9-18(16)29-23(25)32)17(13-27)22(28)30(19)15-7-5-6-14(26)10-15/h3-10H,11-12,28H2,1-2H3,(H,29,32)/t25-/m1/s1. The number of rotatable bonds is 1. The number of nitrogens with two attached hydrogens (primary N) is 1. The molecule has 0 unspecified atom stereocenters. The van der Waals surface area contributed by atoms with Crippen LogP contribution in [0.4, 0.5) is 15.8 Å². The van der Waals surface area contributed by atoms with E-state index < -0.39 is 22.6 Å². The van der Waals surface area contributed by atoms with Crippen molar-refractivity contribution in [3.05, 3.63) is 82.6 Å². The molecule has 1 amide bonds. The van der Waals surface area contributed by atoms with Crippen LogP contribution in [0.1, 0.15) is 32.3 Å². The first kappa shape index (κ1) is 20.0. The second-order valence-corrected chi connectivity index (χ2v) is 9.20. The molecule has 6 nitrogen and oxygen atoms in total. The summed E-state index contributed by atoms with van der Waals surface area (Å²) in [6, 6.07) is 15.0. The van der Waals surface area contributed by atoms with E-state index in [1.165, 1.54) is 12.1 Å². The maximum Gasteiger partial charge on any atom is 0.245 e. The van der Waals surface area contributed by atoms with E-state index in [4.69, 9.17) is 5.73 Å². The molecule has 3 aliphatic rings. The van der Waals surface area contributed by atoms with Crippen LogP contribution in [0.15, 0.2) is 71.2 Å². The molecular weight excluding hydrogens is 407 g/mol. The molecule has 0 bridgehead atoms. The molecule has 0 fully saturated rings. The monoisotopic (exact) mass is 428 g/mol. The second-order valence-electron chi connectivity index (χ2n) is 9.20. The number of hydrogen-bond acceptors (Lipinski definition) is 5. The Morgan fingerprint density at radius 1 is 1.12 bits per heavy atom. The molecule has 0 saturated carbocycles. The fourth-order valence-electron chi connectivity index (χ4n) is 5.28. The second kappa shape index (κ2) is 6.54. The number of anilines is 2. The van der Waals surface area contributed by atoms with Gasteiger partial charge in [-0.2, -0.15) is 5.26 Å². The highest BCUT2D eigenvalue weighted by atomic mass is 19.1. The quantitative estimate of drug-likeness (QED) is 0.718. The maximum absolute atomic E-state index is 14.1. The Labute approximate surface area is 184 Å². The zero-order chi connectivity index (χ0) is 22.8. The zero-order valence-corrected chi connectivity index (χ0v) is 17.7. The number of allylic oxidation sites excluding steroid dienone is 1. The van der Waals surface area contributed by atoms with Gasteiger partial charge in [0.15, 0.2) is 5.78 Å².